The molecular weight excluding hydrogens is 344 g/mol. The molecule has 0 N–H and O–H groups in total. The Kier molecular flexibility index (Phi) is 5.54. The van der Waals surface area contributed by atoms with Gasteiger partial charge < -0.3 is 9.47 Å². The van der Waals surface area contributed by atoms with Crippen molar-refractivity contribution in [3.63, 3.8) is 0 Å². The van der Waals surface area contributed by atoms with Crippen LogP contribution in [-0.2, 0) is 16.1 Å². The third kappa shape index (κ3) is 4.73. The van der Waals surface area contributed by atoms with Gasteiger partial charge in [0.2, 0.25) is 0 Å². The molecule has 6 heteroatoms. The first-order valence-electron chi connectivity index (χ1n) is 8.77. The number of carbonyl (C=O) groups excluding carboxylic acids is 1. The number of ether oxygens (including phenoxy) is 2. The minimum atomic E-state index is -0.397. The smallest absolute Gasteiger partial charge is 0.309 e. The summed E-state index contributed by atoms with van der Waals surface area (Å²) in [5, 5.41) is 0. The Morgan fingerprint density at radius 1 is 1.07 bits per heavy atom. The van der Waals surface area contributed by atoms with Gasteiger partial charge in [0.15, 0.2) is 0 Å². The van der Waals surface area contributed by atoms with Gasteiger partial charge in [-0.25, -0.2) is 4.98 Å². The number of pyridine rings is 1. The zero-order valence-corrected chi connectivity index (χ0v) is 15.7. The maximum Gasteiger partial charge on any atom is 0.309 e. The molecule has 6 nitrogen and oxygen atoms in total. The molecule has 1 aromatic carbocycles. The summed E-state index contributed by atoms with van der Waals surface area (Å²) in [7, 11) is 0. The summed E-state index contributed by atoms with van der Waals surface area (Å²) in [5.74, 6) is 0.369. The molecule has 2 heterocycles. The quantitative estimate of drug-likeness (QED) is 0.627. The Bertz CT molecular complexity index is 1040. The Morgan fingerprint density at radius 3 is 2.67 bits per heavy atom. The zero-order valence-electron chi connectivity index (χ0n) is 15.7. The first-order valence-corrected chi connectivity index (χ1v) is 8.77. The van der Waals surface area contributed by atoms with Gasteiger partial charge in [0.1, 0.15) is 18.0 Å². The average molecular weight is 366 g/mol. The molecule has 0 aliphatic rings. The van der Waals surface area contributed by atoms with Gasteiger partial charge in [0.25, 0.3) is 5.56 Å². The monoisotopic (exact) mass is 366 g/mol. The van der Waals surface area contributed by atoms with Crippen molar-refractivity contribution in [3.8, 4) is 5.75 Å². The second-order valence-electron chi connectivity index (χ2n) is 6.55. The van der Waals surface area contributed by atoms with Crippen molar-refractivity contribution in [1.29, 1.82) is 0 Å². The number of nitrogens with zero attached hydrogens (tertiary/aromatic N) is 2. The highest BCUT2D eigenvalue weighted by Crippen LogP contribution is 2.19. The number of benzene rings is 1. The van der Waals surface area contributed by atoms with Gasteiger partial charge >= 0.3 is 5.97 Å². The third-order valence-electron chi connectivity index (χ3n) is 4.15. The Balaban J connectivity index is 1.55. The van der Waals surface area contributed by atoms with E-state index >= 15 is 0 Å². The zero-order chi connectivity index (χ0) is 19.4. The summed E-state index contributed by atoms with van der Waals surface area (Å²) in [6, 6.07) is 11.0. The van der Waals surface area contributed by atoms with Gasteiger partial charge in [0.05, 0.1) is 18.7 Å². The van der Waals surface area contributed by atoms with Crippen LogP contribution < -0.4 is 10.3 Å². The van der Waals surface area contributed by atoms with Crippen LogP contribution in [0.15, 0.2) is 47.4 Å². The van der Waals surface area contributed by atoms with Crippen LogP contribution in [0.2, 0.25) is 0 Å². The van der Waals surface area contributed by atoms with Gasteiger partial charge in [-0.05, 0) is 49.6 Å². The highest BCUT2D eigenvalue weighted by atomic mass is 16.5. The number of fused-ring (bicyclic) bond motifs is 1. The summed E-state index contributed by atoms with van der Waals surface area (Å²) >= 11 is 0. The van der Waals surface area contributed by atoms with E-state index in [0.29, 0.717) is 11.3 Å². The number of esters is 1. The molecule has 0 fully saturated rings. The third-order valence-corrected chi connectivity index (χ3v) is 4.15. The lowest BCUT2D eigenvalue weighted by Gasteiger charge is -2.10. The second-order valence-corrected chi connectivity index (χ2v) is 6.55. The van der Waals surface area contributed by atoms with Crippen LogP contribution in [0.25, 0.3) is 5.65 Å². The van der Waals surface area contributed by atoms with Gasteiger partial charge in [-0.2, -0.15) is 0 Å². The Labute approximate surface area is 157 Å². The maximum atomic E-state index is 12.1. The number of rotatable bonds is 6. The van der Waals surface area contributed by atoms with Crippen molar-refractivity contribution in [2.75, 3.05) is 6.61 Å². The number of aryl methyl sites for hydroxylation is 3. The minimum Gasteiger partial charge on any atom is -0.493 e. The molecule has 0 unspecified atom stereocenters. The molecule has 0 aliphatic heterocycles. The summed E-state index contributed by atoms with van der Waals surface area (Å²) < 4.78 is 12.3. The number of aromatic nitrogens is 2. The molecule has 0 radical (unpaired) electrons. The van der Waals surface area contributed by atoms with E-state index in [1.807, 2.05) is 45.0 Å². The van der Waals surface area contributed by atoms with Crippen LogP contribution in [-0.4, -0.2) is 22.0 Å². The highest BCUT2D eigenvalue weighted by molar-refractivity contribution is 5.69. The molecule has 0 saturated heterocycles. The molecule has 0 spiro atoms. The molecular formula is C21H22N2O4. The van der Waals surface area contributed by atoms with Crippen molar-refractivity contribution in [2.45, 2.75) is 33.8 Å². The molecule has 0 saturated carbocycles. The van der Waals surface area contributed by atoms with Crippen LogP contribution >= 0.6 is 0 Å². The van der Waals surface area contributed by atoms with Gasteiger partial charge in [-0.15, -0.1) is 0 Å². The van der Waals surface area contributed by atoms with E-state index in [9.17, 15) is 9.59 Å². The predicted octanol–water partition coefficient (Wildman–Crippen LogP) is 3.13. The Hall–Kier alpha value is -3.15. The molecule has 2 aromatic heterocycles. The molecule has 0 bridgehead atoms. The predicted molar refractivity (Wildman–Crippen MR) is 102 cm³/mol. The lowest BCUT2D eigenvalue weighted by Crippen LogP contribution is -2.17. The van der Waals surface area contributed by atoms with Crippen LogP contribution in [0.3, 0.4) is 0 Å². The maximum absolute atomic E-state index is 12.1. The van der Waals surface area contributed by atoms with Crippen LogP contribution in [0, 0.1) is 20.8 Å². The van der Waals surface area contributed by atoms with Crippen molar-refractivity contribution in [2.24, 2.45) is 0 Å². The van der Waals surface area contributed by atoms with Gasteiger partial charge in [0, 0.05) is 12.3 Å². The molecule has 0 amide bonds. The van der Waals surface area contributed by atoms with E-state index in [0.717, 1.165) is 22.4 Å². The summed E-state index contributed by atoms with van der Waals surface area (Å²) in [6.07, 6.45) is 1.85. The molecule has 0 atom stereocenters. The molecule has 0 aliphatic carbocycles. The standard InChI is InChI=1S/C21H22N2O4/c1-14-4-6-16(3)18(10-14)26-9-8-21(25)27-13-17-11-20(24)23-12-15(2)5-7-19(23)22-17/h4-7,10-12H,8-9,13H2,1-3H3. The lowest BCUT2D eigenvalue weighted by molar-refractivity contribution is -0.145. The van der Waals surface area contributed by atoms with Crippen LogP contribution in [0.4, 0.5) is 0 Å². The van der Waals surface area contributed by atoms with Crippen LogP contribution in [0.1, 0.15) is 28.8 Å². The molecule has 3 rings (SSSR count). The highest BCUT2D eigenvalue weighted by Gasteiger charge is 2.08. The summed E-state index contributed by atoms with van der Waals surface area (Å²) in [4.78, 5) is 28.4. The molecule has 3 aromatic rings. The van der Waals surface area contributed by atoms with E-state index < -0.39 is 5.97 Å². The fraction of sp³-hybridized carbons (Fsp3) is 0.286. The molecule has 27 heavy (non-hydrogen) atoms. The van der Waals surface area contributed by atoms with Crippen molar-refractivity contribution >= 4 is 11.6 Å². The van der Waals surface area contributed by atoms with Crippen LogP contribution in [0.5, 0.6) is 5.75 Å². The number of hydrogen-bond acceptors (Lipinski definition) is 5. The van der Waals surface area contributed by atoms with Gasteiger partial charge in [-0.1, -0.05) is 18.2 Å². The SMILES string of the molecule is Cc1ccc(C)c(OCCC(=O)OCc2cc(=O)n3cc(C)ccc3n2)c1. The first-order chi connectivity index (χ1) is 12.9. The van der Waals surface area contributed by atoms with E-state index in [-0.39, 0.29) is 25.2 Å². The van der Waals surface area contributed by atoms with Crippen molar-refractivity contribution in [3.05, 3.63) is 75.3 Å². The summed E-state index contributed by atoms with van der Waals surface area (Å²) in [6.45, 7) is 6.04. The molecule has 140 valence electrons. The second kappa shape index (κ2) is 8.03. The number of hydrogen-bond donors (Lipinski definition) is 0. The number of carbonyl (C=O) groups is 1. The van der Waals surface area contributed by atoms with E-state index in [4.69, 9.17) is 9.47 Å². The van der Waals surface area contributed by atoms with E-state index in [1.54, 1.807) is 12.3 Å². The topological polar surface area (TPSA) is 69.9 Å². The largest absolute Gasteiger partial charge is 0.493 e. The van der Waals surface area contributed by atoms with E-state index in [2.05, 4.69) is 4.98 Å². The normalized spacial score (nSPS) is 10.8. The minimum absolute atomic E-state index is 0.0398. The van der Waals surface area contributed by atoms with Gasteiger partial charge in [-0.3, -0.25) is 14.0 Å². The van der Waals surface area contributed by atoms with Crippen molar-refractivity contribution < 1.29 is 14.3 Å². The fourth-order valence-corrected chi connectivity index (χ4v) is 2.67. The lowest BCUT2D eigenvalue weighted by atomic mass is 10.1. The van der Waals surface area contributed by atoms with E-state index in [1.165, 1.54) is 10.5 Å². The first kappa shape index (κ1) is 18.6. The Morgan fingerprint density at radius 2 is 1.85 bits per heavy atom. The summed E-state index contributed by atoms with van der Waals surface area (Å²) in [5.41, 5.74) is 3.83. The van der Waals surface area contributed by atoms with Crippen molar-refractivity contribution in [1.82, 2.24) is 9.38 Å². The fourth-order valence-electron chi connectivity index (χ4n) is 2.67. The average Bonchev–Trinajstić information content (AvgIpc) is 2.63.